The second kappa shape index (κ2) is 8.64. The van der Waals surface area contributed by atoms with Crippen LogP contribution in [-0.4, -0.2) is 56.5 Å². The highest BCUT2D eigenvalue weighted by Crippen LogP contribution is 2.17. The number of carbonyl (C=O) groups excluding carboxylic acids is 1. The zero-order chi connectivity index (χ0) is 15.8. The number of nitrogens with zero attached hydrogens (tertiary/aromatic N) is 2. The highest BCUT2D eigenvalue weighted by molar-refractivity contribution is 5.91. The maximum Gasteiger partial charge on any atom is 0.224 e. The molecular weight excluding hydrogens is 264 g/mol. The van der Waals surface area contributed by atoms with Gasteiger partial charge in [0.15, 0.2) is 0 Å². The molecule has 0 aromatic heterocycles. The number of carbonyl (C=O) groups is 1. The van der Waals surface area contributed by atoms with E-state index in [2.05, 4.69) is 36.3 Å². The Hall–Kier alpha value is -1.59. The van der Waals surface area contributed by atoms with Crippen molar-refractivity contribution in [1.82, 2.24) is 9.80 Å². The van der Waals surface area contributed by atoms with Crippen molar-refractivity contribution in [3.8, 4) is 0 Å². The topological polar surface area (TPSA) is 61.6 Å². The van der Waals surface area contributed by atoms with Crippen molar-refractivity contribution < 1.29 is 4.79 Å². The van der Waals surface area contributed by atoms with Crippen LogP contribution in [0, 0.1) is 6.92 Å². The molecule has 118 valence electrons. The Morgan fingerprint density at radius 1 is 1.19 bits per heavy atom. The van der Waals surface area contributed by atoms with Gasteiger partial charge in [0.1, 0.15) is 0 Å². The number of hydrogen-bond acceptors (Lipinski definition) is 4. The van der Waals surface area contributed by atoms with Crippen LogP contribution in [0.25, 0.3) is 0 Å². The summed E-state index contributed by atoms with van der Waals surface area (Å²) < 4.78 is 0. The van der Waals surface area contributed by atoms with Crippen LogP contribution < -0.4 is 11.1 Å². The Morgan fingerprint density at radius 3 is 2.52 bits per heavy atom. The lowest BCUT2D eigenvalue weighted by Gasteiger charge is -2.19. The van der Waals surface area contributed by atoms with E-state index in [1.54, 1.807) is 6.07 Å². The van der Waals surface area contributed by atoms with E-state index in [1.165, 1.54) is 0 Å². The molecule has 5 nitrogen and oxygen atoms in total. The van der Waals surface area contributed by atoms with Crippen LogP contribution in [0.1, 0.15) is 18.4 Å². The minimum atomic E-state index is 0.0591. The second-order valence-corrected chi connectivity index (χ2v) is 5.83. The zero-order valence-corrected chi connectivity index (χ0v) is 13.6. The fourth-order valence-electron chi connectivity index (χ4n) is 2.03. The van der Waals surface area contributed by atoms with Gasteiger partial charge in [0.05, 0.1) is 0 Å². The molecule has 0 fully saturated rings. The standard InChI is InChI=1S/C16H28N4O/c1-13-12-14(17)7-8-15(13)18-16(21)6-5-9-20(4)11-10-19(2)3/h7-8,12H,5-6,9-11,17H2,1-4H3,(H,18,21). The van der Waals surface area contributed by atoms with Crippen LogP contribution in [-0.2, 0) is 4.79 Å². The van der Waals surface area contributed by atoms with Crippen LogP contribution in [0.3, 0.4) is 0 Å². The van der Waals surface area contributed by atoms with E-state index < -0.39 is 0 Å². The minimum Gasteiger partial charge on any atom is -0.399 e. The van der Waals surface area contributed by atoms with Crippen LogP contribution in [0.15, 0.2) is 18.2 Å². The van der Waals surface area contributed by atoms with Gasteiger partial charge in [-0.25, -0.2) is 0 Å². The molecule has 0 spiro atoms. The number of likely N-dealkylation sites (N-methyl/N-ethyl adjacent to an activating group) is 2. The summed E-state index contributed by atoms with van der Waals surface area (Å²) in [6.45, 7) is 4.93. The lowest BCUT2D eigenvalue weighted by molar-refractivity contribution is -0.116. The van der Waals surface area contributed by atoms with Gasteiger partial charge in [0.25, 0.3) is 0 Å². The number of amides is 1. The third-order valence-electron chi connectivity index (χ3n) is 3.40. The highest BCUT2D eigenvalue weighted by atomic mass is 16.1. The minimum absolute atomic E-state index is 0.0591. The van der Waals surface area contributed by atoms with E-state index in [9.17, 15) is 4.79 Å². The van der Waals surface area contributed by atoms with Crippen molar-refractivity contribution in [3.63, 3.8) is 0 Å². The van der Waals surface area contributed by atoms with Crippen molar-refractivity contribution in [2.24, 2.45) is 0 Å². The summed E-state index contributed by atoms with van der Waals surface area (Å²) in [5.41, 5.74) is 8.25. The number of nitrogen functional groups attached to an aromatic ring is 1. The maximum atomic E-state index is 11.9. The molecule has 1 aromatic rings. The largest absolute Gasteiger partial charge is 0.399 e. The average Bonchev–Trinajstić information content (AvgIpc) is 2.39. The van der Waals surface area contributed by atoms with Crippen LogP contribution in [0.2, 0.25) is 0 Å². The third-order valence-corrected chi connectivity index (χ3v) is 3.40. The van der Waals surface area contributed by atoms with Crippen molar-refractivity contribution in [1.29, 1.82) is 0 Å². The van der Waals surface area contributed by atoms with Crippen LogP contribution in [0.4, 0.5) is 11.4 Å². The molecule has 0 radical (unpaired) electrons. The number of rotatable bonds is 8. The SMILES string of the molecule is Cc1cc(N)ccc1NC(=O)CCCN(C)CCN(C)C. The van der Waals surface area contributed by atoms with Gasteiger partial charge in [0, 0.05) is 30.9 Å². The molecule has 0 bridgehead atoms. The molecule has 1 amide bonds. The molecule has 1 aromatic carbocycles. The van der Waals surface area contributed by atoms with E-state index in [0.29, 0.717) is 12.1 Å². The van der Waals surface area contributed by atoms with E-state index in [0.717, 1.165) is 37.3 Å². The van der Waals surface area contributed by atoms with Gasteiger partial charge in [-0.05, 0) is 64.8 Å². The highest BCUT2D eigenvalue weighted by Gasteiger charge is 2.06. The molecule has 21 heavy (non-hydrogen) atoms. The summed E-state index contributed by atoms with van der Waals surface area (Å²) >= 11 is 0. The van der Waals surface area contributed by atoms with Crippen molar-refractivity contribution in [2.75, 3.05) is 51.8 Å². The Bertz CT molecular complexity index is 460. The normalized spacial score (nSPS) is 11.1. The summed E-state index contributed by atoms with van der Waals surface area (Å²) in [7, 11) is 6.22. The molecule has 5 heteroatoms. The quantitative estimate of drug-likeness (QED) is 0.717. The fourth-order valence-corrected chi connectivity index (χ4v) is 2.03. The molecule has 0 aliphatic heterocycles. The van der Waals surface area contributed by atoms with Crippen LogP contribution in [0.5, 0.6) is 0 Å². The smallest absolute Gasteiger partial charge is 0.224 e. The second-order valence-electron chi connectivity index (χ2n) is 5.83. The first-order chi connectivity index (χ1) is 9.88. The molecule has 3 N–H and O–H groups in total. The molecule has 0 unspecified atom stereocenters. The number of nitrogens with one attached hydrogen (secondary N) is 1. The number of nitrogens with two attached hydrogens (primary N) is 1. The van der Waals surface area contributed by atoms with Gasteiger partial charge in [-0.1, -0.05) is 0 Å². The lowest BCUT2D eigenvalue weighted by Crippen LogP contribution is -2.29. The molecule has 0 atom stereocenters. The summed E-state index contributed by atoms with van der Waals surface area (Å²) in [6.07, 6.45) is 1.40. The van der Waals surface area contributed by atoms with E-state index in [-0.39, 0.29) is 5.91 Å². The summed E-state index contributed by atoms with van der Waals surface area (Å²) in [4.78, 5) is 16.3. The van der Waals surface area contributed by atoms with Gasteiger partial charge in [-0.15, -0.1) is 0 Å². The third kappa shape index (κ3) is 7.11. The first-order valence-corrected chi connectivity index (χ1v) is 7.37. The fraction of sp³-hybridized carbons (Fsp3) is 0.562. The number of anilines is 2. The predicted octanol–water partition coefficient (Wildman–Crippen LogP) is 1.79. The van der Waals surface area contributed by atoms with Crippen LogP contribution >= 0.6 is 0 Å². The predicted molar refractivity (Wildman–Crippen MR) is 89.5 cm³/mol. The molecule has 1 rings (SSSR count). The molecular formula is C16H28N4O. The summed E-state index contributed by atoms with van der Waals surface area (Å²) in [5.74, 6) is 0.0591. The van der Waals surface area contributed by atoms with Crippen molar-refractivity contribution >= 4 is 17.3 Å². The van der Waals surface area contributed by atoms with E-state index >= 15 is 0 Å². The first-order valence-electron chi connectivity index (χ1n) is 7.37. The Morgan fingerprint density at radius 2 is 1.90 bits per heavy atom. The molecule has 0 saturated heterocycles. The molecule has 0 saturated carbocycles. The number of benzene rings is 1. The van der Waals surface area contributed by atoms with Crippen molar-refractivity contribution in [3.05, 3.63) is 23.8 Å². The molecule has 0 heterocycles. The van der Waals surface area contributed by atoms with Gasteiger partial charge in [-0.2, -0.15) is 0 Å². The summed E-state index contributed by atoms with van der Waals surface area (Å²) in [5, 5.41) is 2.94. The molecule has 0 aliphatic carbocycles. The Labute approximate surface area is 128 Å². The van der Waals surface area contributed by atoms with Gasteiger partial charge >= 0.3 is 0 Å². The van der Waals surface area contributed by atoms with Gasteiger partial charge in [0.2, 0.25) is 5.91 Å². The average molecular weight is 292 g/mol. The zero-order valence-electron chi connectivity index (χ0n) is 13.6. The number of hydrogen-bond donors (Lipinski definition) is 2. The lowest BCUT2D eigenvalue weighted by atomic mass is 10.1. The molecule has 0 aliphatic rings. The van der Waals surface area contributed by atoms with Crippen molar-refractivity contribution in [2.45, 2.75) is 19.8 Å². The Kier molecular flexibility index (Phi) is 7.19. The first kappa shape index (κ1) is 17.5. The van der Waals surface area contributed by atoms with Gasteiger partial charge in [-0.3, -0.25) is 4.79 Å². The maximum absolute atomic E-state index is 11.9. The number of aryl methyl sites for hydroxylation is 1. The van der Waals surface area contributed by atoms with E-state index in [4.69, 9.17) is 5.73 Å². The Balaban J connectivity index is 2.28. The monoisotopic (exact) mass is 292 g/mol. The summed E-state index contributed by atoms with van der Waals surface area (Å²) in [6, 6.07) is 5.52. The van der Waals surface area contributed by atoms with E-state index in [1.807, 2.05) is 19.1 Å². The van der Waals surface area contributed by atoms with Gasteiger partial charge < -0.3 is 20.9 Å².